The quantitative estimate of drug-likeness (QED) is 0.643. The molecule has 3 amide bonds. The molecule has 7 nitrogen and oxygen atoms in total. The molecule has 2 fully saturated rings. The number of halogens is 1. The maximum Gasteiger partial charge on any atom is 0.258 e. The lowest BCUT2D eigenvalue weighted by atomic mass is 9.85. The summed E-state index contributed by atoms with van der Waals surface area (Å²) in [4.78, 5) is 37.5. The molecule has 2 rings (SSSR count). The van der Waals surface area contributed by atoms with E-state index < -0.39 is 47.0 Å². The van der Waals surface area contributed by atoms with Crippen LogP contribution in [-0.4, -0.2) is 58.1 Å². The van der Waals surface area contributed by atoms with Gasteiger partial charge in [0.15, 0.2) is 5.67 Å². The highest BCUT2D eigenvalue weighted by molar-refractivity contribution is 5.95. The minimum Gasteiger partial charge on any atom is -0.391 e. The predicted octanol–water partition coefficient (Wildman–Crippen LogP) is -0.533. The summed E-state index contributed by atoms with van der Waals surface area (Å²) >= 11 is 0. The second-order valence-electron chi connectivity index (χ2n) is 7.54. The summed E-state index contributed by atoms with van der Waals surface area (Å²) in [7, 11) is 0. The Kier molecular flexibility index (Phi) is 4.40. The number of β-amino-alcohol motifs (C(OH)–C–C–N with tert-alkyl or cyclic N) is 1. The van der Waals surface area contributed by atoms with E-state index in [1.54, 1.807) is 20.8 Å². The molecule has 3 atom stereocenters. The molecule has 2 unspecified atom stereocenters. The minimum atomic E-state index is -1.89. The monoisotopic (exact) mass is 329 g/mol. The molecule has 2 aliphatic rings. The van der Waals surface area contributed by atoms with E-state index in [1.807, 2.05) is 0 Å². The zero-order chi connectivity index (χ0) is 17.6. The first-order valence-electron chi connectivity index (χ1n) is 7.73. The summed E-state index contributed by atoms with van der Waals surface area (Å²) in [5.41, 5.74) is 2.71. The van der Waals surface area contributed by atoms with Crippen molar-refractivity contribution in [3.63, 3.8) is 0 Å². The summed E-state index contributed by atoms with van der Waals surface area (Å²) < 4.78 is 13.9. The van der Waals surface area contributed by atoms with Gasteiger partial charge in [-0.25, -0.2) is 4.39 Å². The molecule has 4 N–H and O–H groups in total. The Hall–Kier alpha value is -1.70. The van der Waals surface area contributed by atoms with E-state index in [1.165, 1.54) is 4.90 Å². The average Bonchev–Trinajstić information content (AvgIpc) is 3.04. The third kappa shape index (κ3) is 3.63. The number of rotatable bonds is 4. The van der Waals surface area contributed by atoms with Crippen molar-refractivity contribution in [2.75, 3.05) is 6.54 Å². The number of amides is 3. The van der Waals surface area contributed by atoms with Gasteiger partial charge in [0, 0.05) is 13.0 Å². The Morgan fingerprint density at radius 2 is 1.91 bits per heavy atom. The fraction of sp³-hybridized carbons (Fsp3) is 0.800. The lowest BCUT2D eigenvalue weighted by Crippen LogP contribution is -2.58. The van der Waals surface area contributed by atoms with Crippen LogP contribution in [0, 0.1) is 5.41 Å². The van der Waals surface area contributed by atoms with Crippen LogP contribution in [0.2, 0.25) is 0 Å². The van der Waals surface area contributed by atoms with Gasteiger partial charge < -0.3 is 21.1 Å². The van der Waals surface area contributed by atoms with Gasteiger partial charge in [0.05, 0.1) is 6.10 Å². The van der Waals surface area contributed by atoms with Gasteiger partial charge in [0.1, 0.15) is 12.1 Å². The van der Waals surface area contributed by atoms with Crippen LogP contribution in [0.25, 0.3) is 0 Å². The van der Waals surface area contributed by atoms with Crippen LogP contribution in [0.5, 0.6) is 0 Å². The van der Waals surface area contributed by atoms with Crippen molar-refractivity contribution in [1.82, 2.24) is 10.2 Å². The number of carbonyl (C=O) groups excluding carboxylic acids is 3. The van der Waals surface area contributed by atoms with Crippen molar-refractivity contribution in [2.45, 2.75) is 63.9 Å². The van der Waals surface area contributed by atoms with Crippen molar-refractivity contribution in [1.29, 1.82) is 0 Å². The first kappa shape index (κ1) is 17.7. The first-order chi connectivity index (χ1) is 10.5. The molecule has 0 bridgehead atoms. The van der Waals surface area contributed by atoms with E-state index in [0.29, 0.717) is 0 Å². The Labute approximate surface area is 134 Å². The molecular weight excluding hydrogens is 305 g/mol. The zero-order valence-corrected chi connectivity index (χ0v) is 13.6. The second-order valence-corrected chi connectivity index (χ2v) is 7.54. The molecule has 0 aromatic carbocycles. The molecule has 0 radical (unpaired) electrons. The summed E-state index contributed by atoms with van der Waals surface area (Å²) in [5.74, 6) is -2.05. The number of nitrogens with zero attached hydrogens (tertiary/aromatic N) is 1. The van der Waals surface area contributed by atoms with E-state index in [4.69, 9.17) is 5.73 Å². The number of aliphatic hydroxyl groups excluding tert-OH is 1. The van der Waals surface area contributed by atoms with Crippen molar-refractivity contribution < 1.29 is 23.9 Å². The van der Waals surface area contributed by atoms with Gasteiger partial charge in [-0.3, -0.25) is 14.4 Å². The number of hydrogen-bond donors (Lipinski definition) is 3. The molecular formula is C15H24FN3O4. The maximum atomic E-state index is 13.9. The highest BCUT2D eigenvalue weighted by atomic mass is 19.1. The number of nitrogens with two attached hydrogens (primary N) is 1. The Bertz CT molecular complexity index is 527. The van der Waals surface area contributed by atoms with Gasteiger partial charge in [-0.05, 0) is 18.3 Å². The summed E-state index contributed by atoms with van der Waals surface area (Å²) in [6, 6.07) is -1.92. The fourth-order valence-corrected chi connectivity index (χ4v) is 2.74. The first-order valence-corrected chi connectivity index (χ1v) is 7.73. The smallest absolute Gasteiger partial charge is 0.258 e. The molecule has 1 saturated carbocycles. The minimum absolute atomic E-state index is 0.0321. The molecule has 1 saturated heterocycles. The zero-order valence-electron chi connectivity index (χ0n) is 13.6. The highest BCUT2D eigenvalue weighted by Gasteiger charge is 2.53. The van der Waals surface area contributed by atoms with Crippen molar-refractivity contribution >= 4 is 17.7 Å². The lowest BCUT2D eigenvalue weighted by molar-refractivity contribution is -0.144. The van der Waals surface area contributed by atoms with E-state index in [2.05, 4.69) is 5.32 Å². The van der Waals surface area contributed by atoms with Gasteiger partial charge in [-0.15, -0.1) is 0 Å². The van der Waals surface area contributed by atoms with Crippen molar-refractivity contribution in [3.8, 4) is 0 Å². The normalized spacial score (nSPS) is 27.4. The summed E-state index contributed by atoms with van der Waals surface area (Å²) in [5, 5.41) is 12.2. The molecule has 1 heterocycles. The van der Waals surface area contributed by atoms with E-state index in [0.717, 1.165) is 0 Å². The molecule has 8 heteroatoms. The third-order valence-corrected chi connectivity index (χ3v) is 4.37. The van der Waals surface area contributed by atoms with Crippen LogP contribution < -0.4 is 11.1 Å². The van der Waals surface area contributed by atoms with Gasteiger partial charge in [0.25, 0.3) is 5.91 Å². The number of primary amides is 1. The molecule has 130 valence electrons. The van der Waals surface area contributed by atoms with Crippen LogP contribution in [-0.2, 0) is 14.4 Å². The highest BCUT2D eigenvalue weighted by Crippen LogP contribution is 2.40. The predicted molar refractivity (Wildman–Crippen MR) is 79.8 cm³/mol. The molecule has 1 aliphatic heterocycles. The molecule has 0 spiro atoms. The van der Waals surface area contributed by atoms with Crippen LogP contribution >= 0.6 is 0 Å². The van der Waals surface area contributed by atoms with Crippen molar-refractivity contribution in [2.24, 2.45) is 11.1 Å². The van der Waals surface area contributed by atoms with E-state index in [-0.39, 0.29) is 25.8 Å². The number of carbonyl (C=O) groups is 3. The fourth-order valence-electron chi connectivity index (χ4n) is 2.74. The topological polar surface area (TPSA) is 113 Å². The second kappa shape index (κ2) is 5.74. The Balaban J connectivity index is 2.19. The van der Waals surface area contributed by atoms with Gasteiger partial charge >= 0.3 is 0 Å². The maximum absolute atomic E-state index is 13.9. The SMILES string of the molecule is CC(C)(C)[C@H](NC(=O)C1(F)CC1)C(=O)N1CC(O)CC1C(N)=O. The van der Waals surface area contributed by atoms with Gasteiger partial charge in [-0.1, -0.05) is 20.8 Å². The summed E-state index contributed by atoms with van der Waals surface area (Å²) in [6.07, 6.45) is -0.477. The largest absolute Gasteiger partial charge is 0.391 e. The van der Waals surface area contributed by atoms with Crippen LogP contribution in [0.15, 0.2) is 0 Å². The molecule has 0 aromatic heterocycles. The lowest BCUT2D eigenvalue weighted by Gasteiger charge is -2.35. The van der Waals surface area contributed by atoms with Crippen LogP contribution in [0.1, 0.15) is 40.0 Å². The van der Waals surface area contributed by atoms with E-state index in [9.17, 15) is 23.9 Å². The number of aliphatic hydroxyl groups is 1. The van der Waals surface area contributed by atoms with E-state index >= 15 is 0 Å². The molecule has 1 aliphatic carbocycles. The molecule has 23 heavy (non-hydrogen) atoms. The van der Waals surface area contributed by atoms with Gasteiger partial charge in [0.2, 0.25) is 11.8 Å². The number of hydrogen-bond acceptors (Lipinski definition) is 4. The van der Waals surface area contributed by atoms with Crippen molar-refractivity contribution in [3.05, 3.63) is 0 Å². The Morgan fingerprint density at radius 3 is 2.35 bits per heavy atom. The number of nitrogens with one attached hydrogen (secondary N) is 1. The van der Waals surface area contributed by atoms with Gasteiger partial charge in [-0.2, -0.15) is 0 Å². The molecule has 0 aromatic rings. The third-order valence-electron chi connectivity index (χ3n) is 4.37. The average molecular weight is 329 g/mol. The Morgan fingerprint density at radius 1 is 1.35 bits per heavy atom. The van der Waals surface area contributed by atoms with Crippen LogP contribution in [0.3, 0.4) is 0 Å². The summed E-state index contributed by atoms with van der Waals surface area (Å²) in [6.45, 7) is 5.17. The standard InChI is InChI=1S/C15H24FN3O4/c1-14(2,3)10(18-13(23)15(16)4-5-15)12(22)19-7-8(20)6-9(19)11(17)21/h8-10,20H,4-7H2,1-3H3,(H2,17,21)(H,18,23)/t8?,9?,10-/m1/s1. The van der Waals surface area contributed by atoms with Crippen LogP contribution in [0.4, 0.5) is 4.39 Å². The number of alkyl halides is 1. The number of likely N-dealkylation sites (tertiary alicyclic amines) is 1.